The summed E-state index contributed by atoms with van der Waals surface area (Å²) in [5.41, 5.74) is 0.754. The Labute approximate surface area is 184 Å². The zero-order valence-corrected chi connectivity index (χ0v) is 20.4. The molecule has 4 nitrogen and oxygen atoms in total. The number of hydrogen-bond acceptors (Lipinski definition) is 4. The summed E-state index contributed by atoms with van der Waals surface area (Å²) in [6, 6.07) is 0. The molecule has 6 atom stereocenters. The van der Waals surface area contributed by atoms with Crippen LogP contribution in [0.5, 0.6) is 0 Å². The van der Waals surface area contributed by atoms with Crippen LogP contribution in [0.2, 0.25) is 0 Å². The number of carbonyl (C=O) groups is 1. The van der Waals surface area contributed by atoms with Crippen LogP contribution in [0.3, 0.4) is 0 Å². The minimum atomic E-state index is -0.768. The Morgan fingerprint density at radius 3 is 2.47 bits per heavy atom. The molecule has 0 amide bonds. The monoisotopic (exact) mass is 419 g/mol. The summed E-state index contributed by atoms with van der Waals surface area (Å²) in [6.45, 7) is 18.7. The molecule has 0 aromatic carbocycles. The normalized spacial score (nSPS) is 37.3. The van der Waals surface area contributed by atoms with Crippen LogP contribution in [-0.2, 0) is 9.53 Å². The van der Waals surface area contributed by atoms with Crippen molar-refractivity contribution in [2.45, 2.75) is 92.3 Å². The highest BCUT2D eigenvalue weighted by Gasteiger charge is 2.52. The number of fused-ring (bicyclic) bond motifs is 1. The Hall–Kier alpha value is -0.870. The molecule has 1 heterocycles. The first-order valence-electron chi connectivity index (χ1n) is 12.2. The maximum Gasteiger partial charge on any atom is 0.303 e. The van der Waals surface area contributed by atoms with Crippen LogP contribution in [0.1, 0.15) is 80.6 Å². The van der Waals surface area contributed by atoms with E-state index in [4.69, 9.17) is 4.74 Å². The number of likely N-dealkylation sites (tertiary alicyclic amines) is 1. The standard InChI is InChI=1S/C26H45NO3/c1-17-14-23-22(9-8-19(3)26(23,29)15-24(17)30-20(4)28)18(2)16-27-12-10-21(11-13-27)25(5,6)7/h14,18-19,21-24,29H,8-13,15-16H2,1-7H3/t18?,19-,22+,23-,24-,26-/m1/s1. The second-order valence-electron chi connectivity index (χ2n) is 11.8. The van der Waals surface area contributed by atoms with Crippen molar-refractivity contribution in [3.8, 4) is 0 Å². The van der Waals surface area contributed by atoms with Crippen LogP contribution >= 0.6 is 0 Å². The Balaban J connectivity index is 1.69. The molecule has 1 unspecified atom stereocenters. The van der Waals surface area contributed by atoms with Crippen molar-refractivity contribution in [3.63, 3.8) is 0 Å². The number of nitrogens with zero attached hydrogens (tertiary/aromatic N) is 1. The van der Waals surface area contributed by atoms with Gasteiger partial charge in [0.15, 0.2) is 0 Å². The molecule has 0 radical (unpaired) electrons. The fourth-order valence-electron chi connectivity index (χ4n) is 6.52. The third-order valence-corrected chi connectivity index (χ3v) is 8.69. The summed E-state index contributed by atoms with van der Waals surface area (Å²) in [5.74, 6) is 1.99. The Morgan fingerprint density at radius 1 is 1.27 bits per heavy atom. The zero-order chi connectivity index (χ0) is 22.3. The van der Waals surface area contributed by atoms with Crippen molar-refractivity contribution >= 4 is 5.97 Å². The average molecular weight is 420 g/mol. The Morgan fingerprint density at radius 2 is 1.90 bits per heavy atom. The minimum absolute atomic E-state index is 0.162. The van der Waals surface area contributed by atoms with Gasteiger partial charge < -0.3 is 14.7 Å². The largest absolute Gasteiger partial charge is 0.458 e. The highest BCUT2D eigenvalue weighted by molar-refractivity contribution is 5.66. The smallest absolute Gasteiger partial charge is 0.303 e. The van der Waals surface area contributed by atoms with Gasteiger partial charge in [-0.15, -0.1) is 0 Å². The SMILES string of the molecule is CC(=O)O[C@@H]1C[C@@]2(O)[C@H](C)CC[C@@H](C(C)CN3CCC(C(C)(C)C)CC3)[C@H]2C=C1C. The van der Waals surface area contributed by atoms with Crippen LogP contribution < -0.4 is 0 Å². The van der Waals surface area contributed by atoms with E-state index >= 15 is 0 Å². The molecule has 1 N–H and O–H groups in total. The molecule has 0 aromatic rings. The highest BCUT2D eigenvalue weighted by Crippen LogP contribution is 2.51. The summed E-state index contributed by atoms with van der Waals surface area (Å²) < 4.78 is 5.55. The van der Waals surface area contributed by atoms with Gasteiger partial charge >= 0.3 is 5.97 Å². The second-order valence-corrected chi connectivity index (χ2v) is 11.8. The molecule has 3 rings (SSSR count). The maximum atomic E-state index is 11.8. The lowest BCUT2D eigenvalue weighted by atomic mass is 9.57. The average Bonchev–Trinajstić information content (AvgIpc) is 2.64. The van der Waals surface area contributed by atoms with E-state index in [2.05, 4.69) is 52.5 Å². The first-order valence-corrected chi connectivity index (χ1v) is 12.2. The van der Waals surface area contributed by atoms with Gasteiger partial charge in [-0.25, -0.2) is 0 Å². The quantitative estimate of drug-likeness (QED) is 0.511. The van der Waals surface area contributed by atoms with Crippen molar-refractivity contribution < 1.29 is 14.6 Å². The van der Waals surface area contributed by atoms with E-state index < -0.39 is 5.60 Å². The summed E-state index contributed by atoms with van der Waals surface area (Å²) in [7, 11) is 0. The number of piperidine rings is 1. The highest BCUT2D eigenvalue weighted by atomic mass is 16.5. The summed E-state index contributed by atoms with van der Waals surface area (Å²) in [4.78, 5) is 14.2. The molecule has 1 saturated carbocycles. The molecular formula is C26H45NO3. The topological polar surface area (TPSA) is 49.8 Å². The molecule has 30 heavy (non-hydrogen) atoms. The molecule has 0 aromatic heterocycles. The number of aliphatic hydroxyl groups is 1. The van der Waals surface area contributed by atoms with Gasteiger partial charge in [0.25, 0.3) is 0 Å². The molecule has 0 spiro atoms. The second kappa shape index (κ2) is 8.94. The van der Waals surface area contributed by atoms with E-state index in [0.717, 1.165) is 24.5 Å². The maximum absolute atomic E-state index is 11.8. The molecule has 1 saturated heterocycles. The molecule has 3 aliphatic rings. The van der Waals surface area contributed by atoms with Gasteiger partial charge in [-0.1, -0.05) is 40.7 Å². The third kappa shape index (κ3) is 4.96. The molecule has 4 heteroatoms. The van der Waals surface area contributed by atoms with Gasteiger partial charge in [0.05, 0.1) is 5.60 Å². The van der Waals surface area contributed by atoms with Crippen LogP contribution in [0, 0.1) is 35.0 Å². The van der Waals surface area contributed by atoms with Gasteiger partial charge in [0.1, 0.15) is 6.10 Å². The first kappa shape index (κ1) is 23.8. The molecule has 172 valence electrons. The zero-order valence-electron chi connectivity index (χ0n) is 20.4. The van der Waals surface area contributed by atoms with Crippen LogP contribution in [0.25, 0.3) is 0 Å². The summed E-state index contributed by atoms with van der Waals surface area (Å²) in [6.07, 6.45) is 7.34. The Bertz CT molecular complexity index is 643. The van der Waals surface area contributed by atoms with Crippen molar-refractivity contribution in [1.29, 1.82) is 0 Å². The fourth-order valence-corrected chi connectivity index (χ4v) is 6.52. The summed E-state index contributed by atoms with van der Waals surface area (Å²) in [5, 5.41) is 11.8. The van der Waals surface area contributed by atoms with Gasteiger partial charge in [-0.2, -0.15) is 0 Å². The molecule has 0 bridgehead atoms. The molecular weight excluding hydrogens is 374 g/mol. The van der Waals surface area contributed by atoms with Gasteiger partial charge in [-0.05, 0) is 80.4 Å². The van der Waals surface area contributed by atoms with E-state index in [1.54, 1.807) is 0 Å². The molecule has 2 fully saturated rings. The predicted octanol–water partition coefficient (Wildman–Crippen LogP) is 5.06. The van der Waals surface area contributed by atoms with Gasteiger partial charge in [-0.3, -0.25) is 4.79 Å². The third-order valence-electron chi connectivity index (χ3n) is 8.69. The number of carbonyl (C=O) groups excluding carboxylic acids is 1. The fraction of sp³-hybridized carbons (Fsp3) is 0.885. The van der Waals surface area contributed by atoms with Gasteiger partial charge in [0, 0.05) is 25.8 Å². The lowest BCUT2D eigenvalue weighted by Crippen LogP contribution is -2.56. The number of hydrogen-bond donors (Lipinski definition) is 1. The van der Waals surface area contributed by atoms with E-state index in [9.17, 15) is 9.90 Å². The van der Waals surface area contributed by atoms with E-state index in [1.807, 2.05) is 0 Å². The first-order chi connectivity index (χ1) is 13.9. The predicted molar refractivity (Wildman–Crippen MR) is 122 cm³/mol. The van der Waals surface area contributed by atoms with Gasteiger partial charge in [0.2, 0.25) is 0 Å². The number of rotatable bonds is 4. The van der Waals surface area contributed by atoms with Crippen molar-refractivity contribution in [3.05, 3.63) is 11.6 Å². The lowest BCUT2D eigenvalue weighted by molar-refractivity contribution is -0.159. The van der Waals surface area contributed by atoms with E-state index in [1.165, 1.54) is 39.3 Å². The van der Waals surface area contributed by atoms with Crippen molar-refractivity contribution in [2.24, 2.45) is 35.0 Å². The van der Waals surface area contributed by atoms with Crippen LogP contribution in [0.4, 0.5) is 0 Å². The lowest BCUT2D eigenvalue weighted by Gasteiger charge is -2.53. The number of esters is 1. The van der Waals surface area contributed by atoms with Crippen molar-refractivity contribution in [1.82, 2.24) is 4.90 Å². The number of ether oxygens (including phenoxy) is 1. The van der Waals surface area contributed by atoms with Crippen LogP contribution in [0.15, 0.2) is 11.6 Å². The summed E-state index contributed by atoms with van der Waals surface area (Å²) >= 11 is 0. The van der Waals surface area contributed by atoms with E-state index in [0.29, 0.717) is 23.7 Å². The minimum Gasteiger partial charge on any atom is -0.458 e. The Kier molecular flexibility index (Phi) is 7.09. The molecule has 1 aliphatic heterocycles. The molecule has 2 aliphatic carbocycles. The van der Waals surface area contributed by atoms with Crippen LogP contribution in [-0.4, -0.2) is 47.3 Å². The van der Waals surface area contributed by atoms with E-state index in [-0.39, 0.29) is 23.9 Å². The van der Waals surface area contributed by atoms with Crippen molar-refractivity contribution in [2.75, 3.05) is 19.6 Å².